The van der Waals surface area contributed by atoms with Gasteiger partial charge in [-0.1, -0.05) is 30.3 Å². The maximum absolute atomic E-state index is 11.8. The number of anilines is 3. The van der Waals surface area contributed by atoms with Crippen LogP contribution in [0.5, 0.6) is 0 Å². The Morgan fingerprint density at radius 2 is 1.77 bits per heavy atom. The molecule has 3 heterocycles. The summed E-state index contributed by atoms with van der Waals surface area (Å²) in [6.07, 6.45) is 0.0506. The van der Waals surface area contributed by atoms with E-state index in [1.165, 1.54) is 10.5 Å². The average molecular weight is 429 g/mol. The Balaban J connectivity index is 1.54. The van der Waals surface area contributed by atoms with Gasteiger partial charge >= 0.3 is 5.69 Å². The highest BCUT2D eigenvalue weighted by molar-refractivity contribution is 5.71. The maximum Gasteiger partial charge on any atom is 0.353 e. The first-order chi connectivity index (χ1) is 14.9. The van der Waals surface area contributed by atoms with Crippen LogP contribution >= 0.6 is 0 Å². The topological polar surface area (TPSA) is 115 Å². The van der Waals surface area contributed by atoms with Gasteiger partial charge in [0.15, 0.2) is 0 Å². The van der Waals surface area contributed by atoms with Gasteiger partial charge in [0.05, 0.1) is 43.3 Å². The second-order valence-electron chi connectivity index (χ2n) is 8.40. The van der Waals surface area contributed by atoms with Gasteiger partial charge in [-0.2, -0.15) is 9.97 Å². The highest BCUT2D eigenvalue weighted by Crippen LogP contribution is 2.33. The second kappa shape index (κ2) is 9.03. The zero-order valence-corrected chi connectivity index (χ0v) is 18.0. The molecule has 31 heavy (non-hydrogen) atoms. The third-order valence-corrected chi connectivity index (χ3v) is 5.83. The number of nitro groups is 1. The molecule has 2 aromatic rings. The zero-order valence-electron chi connectivity index (χ0n) is 18.0. The number of morpholine rings is 1. The van der Waals surface area contributed by atoms with Crippen LogP contribution in [0.1, 0.15) is 19.4 Å². The van der Waals surface area contributed by atoms with E-state index in [1.807, 2.05) is 41.8 Å². The fourth-order valence-corrected chi connectivity index (χ4v) is 4.42. The summed E-state index contributed by atoms with van der Waals surface area (Å²) in [6.45, 7) is 9.27. The lowest BCUT2D eigenvalue weighted by molar-refractivity contribution is -0.914. The number of hydrogen-bond acceptors (Lipinski definition) is 8. The average Bonchev–Trinajstić information content (AvgIpc) is 2.73. The molecule has 10 nitrogen and oxygen atoms in total. The molecule has 2 atom stereocenters. The number of nitrogens with one attached hydrogen (secondary N) is 1. The molecule has 4 rings (SSSR count). The number of ether oxygens (including phenoxy) is 1. The van der Waals surface area contributed by atoms with Crippen LogP contribution in [-0.2, 0) is 11.3 Å². The quantitative estimate of drug-likeness (QED) is 0.522. The molecule has 2 aliphatic heterocycles. The normalized spacial score (nSPS) is 22.5. The van der Waals surface area contributed by atoms with Crippen LogP contribution in [0.2, 0.25) is 0 Å². The summed E-state index contributed by atoms with van der Waals surface area (Å²) < 4.78 is 5.79. The van der Waals surface area contributed by atoms with Gasteiger partial charge in [0.25, 0.3) is 0 Å². The van der Waals surface area contributed by atoms with E-state index in [9.17, 15) is 10.1 Å². The van der Waals surface area contributed by atoms with Crippen molar-refractivity contribution in [3.8, 4) is 0 Å². The molecule has 0 aliphatic carbocycles. The molecule has 0 saturated carbocycles. The molecule has 1 aromatic heterocycles. The van der Waals surface area contributed by atoms with Crippen molar-refractivity contribution in [1.82, 2.24) is 9.97 Å². The fraction of sp³-hybridized carbons (Fsp3) is 0.524. The van der Waals surface area contributed by atoms with Crippen molar-refractivity contribution in [2.45, 2.75) is 32.6 Å². The van der Waals surface area contributed by atoms with E-state index >= 15 is 0 Å². The third kappa shape index (κ3) is 4.86. The molecule has 0 bridgehead atoms. The van der Waals surface area contributed by atoms with E-state index in [0.717, 1.165) is 19.6 Å². The predicted octanol–water partition coefficient (Wildman–Crippen LogP) is 0.486. The van der Waals surface area contributed by atoms with Gasteiger partial charge in [0.1, 0.15) is 6.54 Å². The summed E-state index contributed by atoms with van der Waals surface area (Å²) in [6, 6.07) is 10.4. The minimum Gasteiger partial charge on any atom is -0.378 e. The molecule has 2 saturated heterocycles. The molecule has 0 amide bonds. The van der Waals surface area contributed by atoms with Gasteiger partial charge in [-0.15, -0.1) is 0 Å². The van der Waals surface area contributed by atoms with E-state index in [4.69, 9.17) is 10.5 Å². The van der Waals surface area contributed by atoms with Crippen LogP contribution in [0, 0.1) is 10.1 Å². The largest absolute Gasteiger partial charge is 0.378 e. The SMILES string of the molecule is C[C@@H]1CN(c2nc(N)c([N+](=O)[O-])c(N3CC[NH+](Cc4ccccc4)CC3)n2)C[C@H](C)O1. The van der Waals surface area contributed by atoms with Crippen molar-refractivity contribution >= 4 is 23.3 Å². The first-order valence-electron chi connectivity index (χ1n) is 10.8. The van der Waals surface area contributed by atoms with Gasteiger partial charge in [0.2, 0.25) is 17.6 Å². The number of quaternary nitrogens is 1. The third-order valence-electron chi connectivity index (χ3n) is 5.83. The number of benzene rings is 1. The Bertz CT molecular complexity index is 909. The Hall–Kier alpha value is -2.98. The number of piperazine rings is 1. The smallest absolute Gasteiger partial charge is 0.353 e. The first-order valence-corrected chi connectivity index (χ1v) is 10.8. The molecule has 0 spiro atoms. The van der Waals surface area contributed by atoms with E-state index in [1.54, 1.807) is 0 Å². The van der Waals surface area contributed by atoms with E-state index < -0.39 is 4.92 Å². The lowest BCUT2D eigenvalue weighted by Crippen LogP contribution is -3.13. The lowest BCUT2D eigenvalue weighted by Gasteiger charge is -2.36. The monoisotopic (exact) mass is 428 g/mol. The van der Waals surface area contributed by atoms with Crippen LogP contribution < -0.4 is 20.4 Å². The molecule has 166 valence electrons. The molecule has 0 unspecified atom stereocenters. The summed E-state index contributed by atoms with van der Waals surface area (Å²) in [5, 5.41) is 11.8. The van der Waals surface area contributed by atoms with Crippen molar-refractivity contribution in [2.75, 3.05) is 54.8 Å². The highest BCUT2D eigenvalue weighted by atomic mass is 16.6. The lowest BCUT2D eigenvalue weighted by atomic mass is 10.2. The van der Waals surface area contributed by atoms with Crippen molar-refractivity contribution in [3.05, 3.63) is 46.0 Å². The molecular weight excluding hydrogens is 398 g/mol. The van der Waals surface area contributed by atoms with Crippen LogP contribution in [-0.4, -0.2) is 66.4 Å². The summed E-state index contributed by atoms with van der Waals surface area (Å²) >= 11 is 0. The number of nitrogens with two attached hydrogens (primary N) is 1. The Morgan fingerprint density at radius 1 is 1.13 bits per heavy atom. The van der Waals surface area contributed by atoms with Gasteiger partial charge in [-0.3, -0.25) is 10.1 Å². The minimum absolute atomic E-state index is 0.0253. The minimum atomic E-state index is -0.470. The molecule has 1 aromatic carbocycles. The summed E-state index contributed by atoms with van der Waals surface area (Å²) in [4.78, 5) is 25.6. The Morgan fingerprint density at radius 3 is 2.39 bits per heavy atom. The number of aromatic nitrogens is 2. The molecule has 2 aliphatic rings. The molecule has 2 fully saturated rings. The highest BCUT2D eigenvalue weighted by Gasteiger charge is 2.33. The molecular formula is C21H30N7O3+. The summed E-state index contributed by atoms with van der Waals surface area (Å²) in [5.74, 6) is 0.660. The Labute approximate surface area is 181 Å². The first kappa shape index (κ1) is 21.3. The molecule has 0 radical (unpaired) electrons. The Kier molecular flexibility index (Phi) is 6.19. The van der Waals surface area contributed by atoms with Crippen LogP contribution in [0.25, 0.3) is 0 Å². The van der Waals surface area contributed by atoms with E-state index in [0.29, 0.717) is 37.9 Å². The standard InChI is InChI=1S/C21H29N7O3/c1-15-12-27(13-16(2)31-15)21-23-19(22)18(28(29)30)20(24-21)26-10-8-25(9-11-26)14-17-6-4-3-5-7-17/h3-7,15-16H,8-14H2,1-2H3,(H2,22,23,24)/p+1/t15-,16+. The van der Waals surface area contributed by atoms with Gasteiger partial charge in [-0.05, 0) is 13.8 Å². The number of rotatable bonds is 5. The van der Waals surface area contributed by atoms with Crippen molar-refractivity contribution in [1.29, 1.82) is 0 Å². The van der Waals surface area contributed by atoms with Gasteiger partial charge < -0.3 is 25.2 Å². The predicted molar refractivity (Wildman–Crippen MR) is 118 cm³/mol. The molecule has 3 N–H and O–H groups in total. The summed E-state index contributed by atoms with van der Waals surface area (Å²) in [7, 11) is 0. The summed E-state index contributed by atoms with van der Waals surface area (Å²) in [5.41, 5.74) is 7.14. The van der Waals surface area contributed by atoms with Crippen molar-refractivity contribution in [2.24, 2.45) is 0 Å². The van der Waals surface area contributed by atoms with Gasteiger partial charge in [-0.25, -0.2) is 0 Å². The number of hydrogen-bond donors (Lipinski definition) is 2. The van der Waals surface area contributed by atoms with Crippen LogP contribution in [0.15, 0.2) is 30.3 Å². The van der Waals surface area contributed by atoms with E-state index in [-0.39, 0.29) is 23.7 Å². The van der Waals surface area contributed by atoms with Gasteiger partial charge in [0, 0.05) is 18.7 Å². The number of nitrogen functional groups attached to an aromatic ring is 1. The van der Waals surface area contributed by atoms with Crippen molar-refractivity contribution < 1.29 is 14.6 Å². The van der Waals surface area contributed by atoms with Crippen LogP contribution in [0.4, 0.5) is 23.3 Å². The maximum atomic E-state index is 11.8. The van der Waals surface area contributed by atoms with E-state index in [2.05, 4.69) is 22.1 Å². The molecule has 10 heteroatoms. The second-order valence-corrected chi connectivity index (χ2v) is 8.40. The number of nitrogens with zero attached hydrogens (tertiary/aromatic N) is 5. The fourth-order valence-electron chi connectivity index (χ4n) is 4.42. The van der Waals surface area contributed by atoms with Crippen molar-refractivity contribution in [3.63, 3.8) is 0 Å². The zero-order chi connectivity index (χ0) is 22.0. The van der Waals surface area contributed by atoms with Crippen LogP contribution in [0.3, 0.4) is 0 Å².